The van der Waals surface area contributed by atoms with Crippen molar-refractivity contribution in [2.24, 2.45) is 14.1 Å². The standard InChI is InChI=1S/C21H27N5O2/c1-15(2)26(14-20-22-7-8-24(20)3)13-17-12-25(4)23-21(17)16-5-6-18-19(11-16)28-10-9-27-18/h5-8,11-12,15H,9-10,13-14H2,1-4H3. The second kappa shape index (κ2) is 7.67. The van der Waals surface area contributed by atoms with Gasteiger partial charge in [-0.05, 0) is 32.0 Å². The molecule has 0 bridgehead atoms. The molecule has 1 aromatic carbocycles. The molecule has 0 fully saturated rings. The lowest BCUT2D eigenvalue weighted by Gasteiger charge is -2.26. The molecule has 3 aromatic rings. The summed E-state index contributed by atoms with van der Waals surface area (Å²) in [5, 5.41) is 4.73. The Kier molecular flexibility index (Phi) is 5.09. The fourth-order valence-electron chi connectivity index (χ4n) is 3.46. The van der Waals surface area contributed by atoms with Crippen molar-refractivity contribution in [3.8, 4) is 22.8 Å². The van der Waals surface area contributed by atoms with E-state index in [0.717, 1.165) is 41.7 Å². The molecule has 4 rings (SSSR count). The number of nitrogens with zero attached hydrogens (tertiary/aromatic N) is 5. The Labute approximate surface area is 165 Å². The molecule has 0 aliphatic carbocycles. The summed E-state index contributed by atoms with van der Waals surface area (Å²) >= 11 is 0. The van der Waals surface area contributed by atoms with Crippen molar-refractivity contribution >= 4 is 0 Å². The van der Waals surface area contributed by atoms with Crippen LogP contribution in [0, 0.1) is 0 Å². The van der Waals surface area contributed by atoms with Crippen molar-refractivity contribution in [3.05, 3.63) is 48.2 Å². The van der Waals surface area contributed by atoms with Crippen LogP contribution in [0.1, 0.15) is 25.2 Å². The second-order valence-corrected chi connectivity index (χ2v) is 7.49. The predicted octanol–water partition coefficient (Wildman–Crippen LogP) is 3.00. The minimum absolute atomic E-state index is 0.380. The third kappa shape index (κ3) is 3.75. The number of benzene rings is 1. The molecule has 0 N–H and O–H groups in total. The summed E-state index contributed by atoms with van der Waals surface area (Å²) < 4.78 is 15.3. The van der Waals surface area contributed by atoms with Crippen LogP contribution in [-0.4, -0.2) is 43.5 Å². The Morgan fingerprint density at radius 2 is 1.89 bits per heavy atom. The highest BCUT2D eigenvalue weighted by Gasteiger charge is 2.20. The zero-order valence-corrected chi connectivity index (χ0v) is 16.9. The highest BCUT2D eigenvalue weighted by Crippen LogP contribution is 2.35. The van der Waals surface area contributed by atoms with Crippen LogP contribution in [0.2, 0.25) is 0 Å². The van der Waals surface area contributed by atoms with E-state index in [1.165, 1.54) is 5.56 Å². The van der Waals surface area contributed by atoms with E-state index in [9.17, 15) is 0 Å². The highest BCUT2D eigenvalue weighted by atomic mass is 16.6. The molecular weight excluding hydrogens is 354 g/mol. The van der Waals surface area contributed by atoms with Crippen molar-refractivity contribution in [1.82, 2.24) is 24.2 Å². The number of aromatic nitrogens is 4. The molecule has 2 aromatic heterocycles. The lowest BCUT2D eigenvalue weighted by atomic mass is 10.1. The average molecular weight is 381 g/mol. The van der Waals surface area contributed by atoms with Crippen LogP contribution in [0.5, 0.6) is 11.5 Å². The maximum atomic E-state index is 5.75. The minimum Gasteiger partial charge on any atom is -0.486 e. The Hall–Kier alpha value is -2.80. The third-order valence-corrected chi connectivity index (χ3v) is 5.09. The predicted molar refractivity (Wildman–Crippen MR) is 107 cm³/mol. The number of aryl methyl sites for hydroxylation is 2. The molecule has 0 spiro atoms. The summed E-state index contributed by atoms with van der Waals surface area (Å²) in [5.74, 6) is 2.64. The molecule has 3 heterocycles. The zero-order chi connectivity index (χ0) is 19.7. The smallest absolute Gasteiger partial charge is 0.162 e. The van der Waals surface area contributed by atoms with E-state index < -0.39 is 0 Å². The normalized spacial score (nSPS) is 13.5. The third-order valence-electron chi connectivity index (χ3n) is 5.09. The number of rotatable bonds is 6. The van der Waals surface area contributed by atoms with Crippen molar-refractivity contribution in [3.63, 3.8) is 0 Å². The Morgan fingerprint density at radius 1 is 1.11 bits per heavy atom. The molecule has 0 atom stereocenters. The van der Waals surface area contributed by atoms with Gasteiger partial charge in [0, 0.05) is 56.4 Å². The Morgan fingerprint density at radius 3 is 2.61 bits per heavy atom. The van der Waals surface area contributed by atoms with Gasteiger partial charge in [-0.2, -0.15) is 5.10 Å². The van der Waals surface area contributed by atoms with Gasteiger partial charge in [0.2, 0.25) is 0 Å². The number of ether oxygens (including phenoxy) is 2. The monoisotopic (exact) mass is 381 g/mol. The molecule has 0 saturated heterocycles. The second-order valence-electron chi connectivity index (χ2n) is 7.49. The van der Waals surface area contributed by atoms with Crippen LogP contribution < -0.4 is 9.47 Å². The first-order valence-electron chi connectivity index (χ1n) is 9.64. The first kappa shape index (κ1) is 18.6. The first-order valence-corrected chi connectivity index (χ1v) is 9.64. The molecular formula is C21H27N5O2. The summed E-state index contributed by atoms with van der Waals surface area (Å²) in [6.07, 6.45) is 5.93. The SMILES string of the molecule is CC(C)N(Cc1cn(C)nc1-c1ccc2c(c1)OCCO2)Cc1nccn1C. The van der Waals surface area contributed by atoms with Crippen molar-refractivity contribution in [2.45, 2.75) is 33.0 Å². The van der Waals surface area contributed by atoms with Gasteiger partial charge >= 0.3 is 0 Å². The van der Waals surface area contributed by atoms with Crippen molar-refractivity contribution < 1.29 is 9.47 Å². The Bertz CT molecular complexity index is 960. The summed E-state index contributed by atoms with van der Waals surface area (Å²) in [4.78, 5) is 6.89. The van der Waals surface area contributed by atoms with Gasteiger partial charge in [0.25, 0.3) is 0 Å². The summed E-state index contributed by atoms with van der Waals surface area (Å²) in [7, 11) is 4.00. The van der Waals surface area contributed by atoms with Crippen molar-refractivity contribution in [2.75, 3.05) is 13.2 Å². The van der Waals surface area contributed by atoms with E-state index in [-0.39, 0.29) is 0 Å². The van der Waals surface area contributed by atoms with Crippen molar-refractivity contribution in [1.29, 1.82) is 0 Å². The molecule has 0 saturated carbocycles. The lowest BCUT2D eigenvalue weighted by Crippen LogP contribution is -2.31. The van der Waals surface area contributed by atoms with Gasteiger partial charge in [0.15, 0.2) is 11.5 Å². The summed E-state index contributed by atoms with van der Waals surface area (Å²) in [6, 6.07) is 6.43. The molecule has 7 nitrogen and oxygen atoms in total. The fourth-order valence-corrected chi connectivity index (χ4v) is 3.46. The van der Waals surface area contributed by atoms with Crippen LogP contribution in [-0.2, 0) is 27.2 Å². The van der Waals surface area contributed by atoms with Gasteiger partial charge < -0.3 is 14.0 Å². The largest absolute Gasteiger partial charge is 0.486 e. The zero-order valence-electron chi connectivity index (χ0n) is 16.9. The lowest BCUT2D eigenvalue weighted by molar-refractivity contribution is 0.171. The van der Waals surface area contributed by atoms with Gasteiger partial charge in [-0.3, -0.25) is 9.58 Å². The van der Waals surface area contributed by atoms with Gasteiger partial charge in [-0.1, -0.05) is 0 Å². The van der Waals surface area contributed by atoms with Crippen LogP contribution in [0.25, 0.3) is 11.3 Å². The quantitative estimate of drug-likeness (QED) is 0.657. The van der Waals surface area contributed by atoms with E-state index in [2.05, 4.69) is 40.6 Å². The number of fused-ring (bicyclic) bond motifs is 1. The maximum absolute atomic E-state index is 5.75. The molecule has 7 heteroatoms. The Balaban J connectivity index is 1.62. The molecule has 0 radical (unpaired) electrons. The molecule has 148 valence electrons. The molecule has 0 amide bonds. The topological polar surface area (TPSA) is 57.3 Å². The van der Waals surface area contributed by atoms with Crippen LogP contribution in [0.4, 0.5) is 0 Å². The minimum atomic E-state index is 0.380. The number of hydrogen-bond acceptors (Lipinski definition) is 5. The molecule has 0 unspecified atom stereocenters. The highest BCUT2D eigenvalue weighted by molar-refractivity contribution is 5.66. The van der Waals surface area contributed by atoms with Crippen LogP contribution in [0.15, 0.2) is 36.8 Å². The van der Waals surface area contributed by atoms with Gasteiger partial charge in [-0.15, -0.1) is 0 Å². The van der Waals surface area contributed by atoms with E-state index >= 15 is 0 Å². The van der Waals surface area contributed by atoms with E-state index in [1.54, 1.807) is 0 Å². The maximum Gasteiger partial charge on any atom is 0.162 e. The molecule has 28 heavy (non-hydrogen) atoms. The summed E-state index contributed by atoms with van der Waals surface area (Å²) in [6.45, 7) is 7.18. The van der Waals surface area contributed by atoms with E-state index in [1.807, 2.05) is 43.3 Å². The average Bonchev–Trinajstić information content (AvgIpc) is 3.26. The summed E-state index contributed by atoms with van der Waals surface area (Å²) in [5.41, 5.74) is 3.20. The number of hydrogen-bond donors (Lipinski definition) is 0. The molecule has 1 aliphatic rings. The van der Waals surface area contributed by atoms with E-state index in [4.69, 9.17) is 14.6 Å². The fraction of sp³-hybridized carbons (Fsp3) is 0.429. The van der Waals surface area contributed by atoms with Gasteiger partial charge in [-0.25, -0.2) is 4.98 Å². The van der Waals surface area contributed by atoms with E-state index in [0.29, 0.717) is 19.3 Å². The van der Waals surface area contributed by atoms with Crippen LogP contribution >= 0.6 is 0 Å². The number of imidazole rings is 1. The van der Waals surface area contributed by atoms with Gasteiger partial charge in [0.05, 0.1) is 12.2 Å². The van der Waals surface area contributed by atoms with Crippen LogP contribution in [0.3, 0.4) is 0 Å². The molecule has 1 aliphatic heterocycles. The van der Waals surface area contributed by atoms with Gasteiger partial charge in [0.1, 0.15) is 19.0 Å². The first-order chi connectivity index (χ1) is 13.5.